The van der Waals surface area contributed by atoms with E-state index in [0.29, 0.717) is 0 Å². The number of rotatable bonds is 9. The van der Waals surface area contributed by atoms with E-state index in [9.17, 15) is 0 Å². The van der Waals surface area contributed by atoms with E-state index < -0.39 is 0 Å². The zero-order valence-electron chi connectivity index (χ0n) is 10.0. The van der Waals surface area contributed by atoms with Crippen LogP contribution in [0, 0.1) is 0 Å². The maximum atomic E-state index is 5.19. The van der Waals surface area contributed by atoms with E-state index in [-0.39, 0.29) is 0 Å². The lowest BCUT2D eigenvalue weighted by Gasteiger charge is -2.08. The molecule has 0 fully saturated rings. The van der Waals surface area contributed by atoms with Gasteiger partial charge in [-0.15, -0.1) is 6.58 Å². The van der Waals surface area contributed by atoms with Crippen molar-refractivity contribution in [2.75, 3.05) is 13.7 Å². The molecule has 0 aliphatic rings. The van der Waals surface area contributed by atoms with Crippen LogP contribution in [0.5, 0.6) is 0 Å². The minimum Gasteiger partial charge on any atom is -0.380 e. The summed E-state index contributed by atoms with van der Waals surface area (Å²) < 4.78 is 6.66. The number of hydrogen-bond acceptors (Lipinski definition) is 1. The Morgan fingerprint density at radius 3 is 2.60 bits per heavy atom. The molecule has 88 valence electrons. The molecule has 0 spiro atoms. The molecule has 0 rings (SSSR count). The Labute approximate surface area is 108 Å². The van der Waals surface area contributed by atoms with Gasteiger partial charge in [0.1, 0.15) is 0 Å². The molecule has 0 aromatic rings. The van der Waals surface area contributed by atoms with Gasteiger partial charge in [-0.05, 0) is 51.0 Å². The summed E-state index contributed by atoms with van der Waals surface area (Å²) in [5, 5.41) is 0. The van der Waals surface area contributed by atoms with Crippen molar-refractivity contribution in [2.45, 2.75) is 45.4 Å². The fourth-order valence-electron chi connectivity index (χ4n) is 1.48. The predicted molar refractivity (Wildman–Crippen MR) is 76.5 cm³/mol. The summed E-state index contributed by atoms with van der Waals surface area (Å²) in [5.41, 5.74) is 1.39. The van der Waals surface area contributed by atoms with Crippen LogP contribution in [0.3, 0.4) is 0 Å². The molecule has 2 heteroatoms. The molecule has 0 aromatic heterocycles. The van der Waals surface area contributed by atoms with E-state index in [4.69, 9.17) is 4.74 Å². The van der Waals surface area contributed by atoms with E-state index >= 15 is 0 Å². The molecule has 15 heavy (non-hydrogen) atoms. The van der Waals surface area contributed by atoms with Gasteiger partial charge in [0.2, 0.25) is 0 Å². The summed E-state index contributed by atoms with van der Waals surface area (Å²) in [4.78, 5) is 0. The van der Waals surface area contributed by atoms with Gasteiger partial charge in [-0.2, -0.15) is 0 Å². The summed E-state index contributed by atoms with van der Waals surface area (Å²) >= 11 is 2.45. The number of halogens is 1. The molecule has 0 radical (unpaired) electrons. The van der Waals surface area contributed by atoms with Crippen molar-refractivity contribution < 1.29 is 4.74 Å². The molecule has 0 amide bonds. The molecule has 0 heterocycles. The smallest absolute Gasteiger partial charge is 0.0686 e. The standard InChI is InChI=1S/C13H23IO/c1-4-6-7-8-10-13(14)12(9-5-2)11-15-3/h5H,2,4,6-11H2,1,3H3/b13-12-. The van der Waals surface area contributed by atoms with E-state index in [0.717, 1.165) is 13.0 Å². The molecule has 0 aromatic carbocycles. The van der Waals surface area contributed by atoms with Crippen LogP contribution in [0.25, 0.3) is 0 Å². The van der Waals surface area contributed by atoms with E-state index in [1.54, 1.807) is 7.11 Å². The second kappa shape index (κ2) is 10.7. The van der Waals surface area contributed by atoms with Gasteiger partial charge in [-0.25, -0.2) is 0 Å². The fourth-order valence-corrected chi connectivity index (χ4v) is 2.24. The maximum absolute atomic E-state index is 5.19. The SMILES string of the molecule is C=CC/C(COC)=C(/I)CCCCCC. The third-order valence-electron chi connectivity index (χ3n) is 2.34. The summed E-state index contributed by atoms with van der Waals surface area (Å²) in [5.74, 6) is 0. The molecule has 0 N–H and O–H groups in total. The number of allylic oxidation sites excluding steroid dienone is 2. The van der Waals surface area contributed by atoms with Crippen LogP contribution in [0.4, 0.5) is 0 Å². The van der Waals surface area contributed by atoms with Crippen LogP contribution in [-0.2, 0) is 4.74 Å². The first kappa shape index (κ1) is 15.2. The molecule has 1 nitrogen and oxygen atoms in total. The fraction of sp³-hybridized carbons (Fsp3) is 0.692. The van der Waals surface area contributed by atoms with Gasteiger partial charge in [0.25, 0.3) is 0 Å². The Hall–Kier alpha value is 0.170. The molecule has 0 unspecified atom stereocenters. The van der Waals surface area contributed by atoms with Crippen molar-refractivity contribution in [3.05, 3.63) is 21.8 Å². The van der Waals surface area contributed by atoms with Gasteiger partial charge >= 0.3 is 0 Å². The highest BCUT2D eigenvalue weighted by Crippen LogP contribution is 2.23. The second-order valence-electron chi connectivity index (χ2n) is 3.74. The molecule has 0 saturated carbocycles. The predicted octanol–water partition coefficient (Wildman–Crippen LogP) is 4.87. The minimum atomic E-state index is 0.748. The largest absolute Gasteiger partial charge is 0.380 e. The van der Waals surface area contributed by atoms with Gasteiger partial charge in [0, 0.05) is 7.11 Å². The van der Waals surface area contributed by atoms with Crippen LogP contribution in [0.2, 0.25) is 0 Å². The zero-order chi connectivity index (χ0) is 11.5. The summed E-state index contributed by atoms with van der Waals surface area (Å²) in [6.07, 6.45) is 9.42. The van der Waals surface area contributed by atoms with Gasteiger partial charge < -0.3 is 4.74 Å². The topological polar surface area (TPSA) is 9.23 Å². The second-order valence-corrected chi connectivity index (χ2v) is 5.05. The van der Waals surface area contributed by atoms with Crippen molar-refractivity contribution in [2.24, 2.45) is 0 Å². The first-order valence-corrected chi connectivity index (χ1v) is 6.80. The molecular formula is C13H23IO. The lowest BCUT2D eigenvalue weighted by Crippen LogP contribution is -1.96. The first-order valence-electron chi connectivity index (χ1n) is 5.72. The van der Waals surface area contributed by atoms with Crippen molar-refractivity contribution in [1.82, 2.24) is 0 Å². The average molecular weight is 322 g/mol. The quantitative estimate of drug-likeness (QED) is 0.334. The highest BCUT2D eigenvalue weighted by molar-refractivity contribution is 14.1. The normalized spacial score (nSPS) is 12.5. The van der Waals surface area contributed by atoms with Crippen LogP contribution < -0.4 is 0 Å². The molecule has 0 saturated heterocycles. The third kappa shape index (κ3) is 8.03. The number of ether oxygens (including phenoxy) is 1. The summed E-state index contributed by atoms with van der Waals surface area (Å²) in [7, 11) is 1.75. The van der Waals surface area contributed by atoms with Gasteiger partial charge in [0.15, 0.2) is 0 Å². The molecule has 0 aliphatic heterocycles. The highest BCUT2D eigenvalue weighted by atomic mass is 127. The Morgan fingerprint density at radius 2 is 2.07 bits per heavy atom. The van der Waals surface area contributed by atoms with Crippen LogP contribution in [-0.4, -0.2) is 13.7 Å². The number of hydrogen-bond donors (Lipinski definition) is 0. The van der Waals surface area contributed by atoms with Gasteiger partial charge in [-0.1, -0.05) is 32.3 Å². The lowest BCUT2D eigenvalue weighted by molar-refractivity contribution is 0.224. The monoisotopic (exact) mass is 322 g/mol. The summed E-state index contributed by atoms with van der Waals surface area (Å²) in [6, 6.07) is 0. The van der Waals surface area contributed by atoms with Crippen molar-refractivity contribution >= 4 is 22.6 Å². The number of unbranched alkanes of at least 4 members (excludes halogenated alkanes) is 3. The average Bonchev–Trinajstić information content (AvgIpc) is 2.24. The molecule has 0 atom stereocenters. The van der Waals surface area contributed by atoms with Crippen LogP contribution in [0.15, 0.2) is 21.8 Å². The molecule has 0 bridgehead atoms. The van der Waals surface area contributed by atoms with Crippen molar-refractivity contribution in [1.29, 1.82) is 0 Å². The van der Waals surface area contributed by atoms with Gasteiger partial charge in [0.05, 0.1) is 6.61 Å². The van der Waals surface area contributed by atoms with E-state index in [1.807, 2.05) is 6.08 Å². The third-order valence-corrected chi connectivity index (χ3v) is 3.64. The Bertz CT molecular complexity index is 197. The molecular weight excluding hydrogens is 299 g/mol. The number of methoxy groups -OCH3 is 1. The summed E-state index contributed by atoms with van der Waals surface area (Å²) in [6.45, 7) is 6.77. The van der Waals surface area contributed by atoms with Crippen LogP contribution in [0.1, 0.15) is 45.4 Å². The highest BCUT2D eigenvalue weighted by Gasteiger charge is 2.02. The zero-order valence-corrected chi connectivity index (χ0v) is 12.2. The maximum Gasteiger partial charge on any atom is 0.0686 e. The minimum absolute atomic E-state index is 0.748. The van der Waals surface area contributed by atoms with Crippen molar-refractivity contribution in [3.63, 3.8) is 0 Å². The Balaban J connectivity index is 3.99. The van der Waals surface area contributed by atoms with E-state index in [2.05, 4.69) is 36.1 Å². The van der Waals surface area contributed by atoms with Crippen molar-refractivity contribution in [3.8, 4) is 0 Å². The van der Waals surface area contributed by atoms with Gasteiger partial charge in [-0.3, -0.25) is 0 Å². The lowest BCUT2D eigenvalue weighted by atomic mass is 10.1. The molecule has 0 aliphatic carbocycles. The Morgan fingerprint density at radius 1 is 1.33 bits per heavy atom. The Kier molecular flexibility index (Phi) is 10.8. The van der Waals surface area contributed by atoms with E-state index in [1.165, 1.54) is 41.3 Å². The van der Waals surface area contributed by atoms with Crippen LogP contribution >= 0.6 is 22.6 Å². The first-order chi connectivity index (χ1) is 7.26.